The molecule has 0 aliphatic heterocycles. The summed E-state index contributed by atoms with van der Waals surface area (Å²) in [5, 5.41) is 1.12. The number of Topliss-reactive ketones (excluding diaryl/α,β-unsaturated/α-hetero) is 1. The number of nitrogens with zero attached hydrogens (tertiary/aromatic N) is 1. The number of pyridine rings is 1. The number of benzene rings is 1. The summed E-state index contributed by atoms with van der Waals surface area (Å²) in [6.07, 6.45) is 1.03. The summed E-state index contributed by atoms with van der Waals surface area (Å²) in [7, 11) is 0. The van der Waals surface area contributed by atoms with Crippen molar-refractivity contribution in [2.24, 2.45) is 5.41 Å². The molecule has 0 amide bonds. The molecule has 1 heterocycles. The van der Waals surface area contributed by atoms with E-state index in [-0.39, 0.29) is 11.2 Å². The van der Waals surface area contributed by atoms with Gasteiger partial charge in [0, 0.05) is 23.9 Å². The highest BCUT2D eigenvalue weighted by atomic mass is 16.1. The molecule has 1 aromatic heterocycles. The number of hydrogen-bond donors (Lipinski definition) is 0. The van der Waals surface area contributed by atoms with Gasteiger partial charge in [-0.1, -0.05) is 45.0 Å². The fraction of sp³-hybridized carbons (Fsp3) is 0.375. The topological polar surface area (TPSA) is 30.0 Å². The van der Waals surface area contributed by atoms with Gasteiger partial charge in [0.1, 0.15) is 5.78 Å². The van der Waals surface area contributed by atoms with Crippen LogP contribution >= 0.6 is 0 Å². The van der Waals surface area contributed by atoms with Crippen molar-refractivity contribution < 1.29 is 4.79 Å². The Balaban J connectivity index is 2.15. The van der Waals surface area contributed by atoms with Gasteiger partial charge in [-0.3, -0.25) is 9.78 Å². The lowest BCUT2D eigenvalue weighted by molar-refractivity contribution is -0.120. The van der Waals surface area contributed by atoms with Gasteiger partial charge in [0.15, 0.2) is 0 Å². The lowest BCUT2D eigenvalue weighted by Gasteiger charge is -2.16. The highest BCUT2D eigenvalue weighted by Crippen LogP contribution is 2.20. The monoisotopic (exact) mass is 241 g/mol. The molecule has 0 fully saturated rings. The first-order valence-corrected chi connectivity index (χ1v) is 6.30. The molecule has 2 aromatic rings. The Bertz CT molecular complexity index is 567. The summed E-state index contributed by atoms with van der Waals surface area (Å²) in [5.74, 6) is 0.255. The first-order chi connectivity index (χ1) is 8.44. The first kappa shape index (κ1) is 12.7. The Morgan fingerprint density at radius 2 is 1.83 bits per heavy atom. The minimum atomic E-state index is 0.0495. The summed E-state index contributed by atoms with van der Waals surface area (Å²) in [6.45, 7) is 6.25. The Morgan fingerprint density at radius 3 is 2.56 bits per heavy atom. The molecule has 0 saturated carbocycles. The number of hydrogen-bond acceptors (Lipinski definition) is 2. The average molecular weight is 241 g/mol. The largest absolute Gasteiger partial charge is 0.299 e. The fourth-order valence-electron chi connectivity index (χ4n) is 2.06. The van der Waals surface area contributed by atoms with Crippen molar-refractivity contribution in [3.8, 4) is 0 Å². The van der Waals surface area contributed by atoms with Crippen molar-refractivity contribution in [3.05, 3.63) is 42.1 Å². The average Bonchev–Trinajstić information content (AvgIpc) is 2.26. The number of ketones is 1. The molecule has 0 spiro atoms. The van der Waals surface area contributed by atoms with E-state index in [2.05, 4.69) is 25.8 Å². The standard InChI is InChI=1S/C16H19NO/c1-16(2,3)11-14(18)10-13-9-8-12-6-4-5-7-15(12)17-13/h4-9H,10-11H2,1-3H3. The van der Waals surface area contributed by atoms with Crippen molar-refractivity contribution in [2.45, 2.75) is 33.6 Å². The second-order valence-corrected chi connectivity index (χ2v) is 5.95. The van der Waals surface area contributed by atoms with Crippen molar-refractivity contribution in [3.63, 3.8) is 0 Å². The third-order valence-electron chi connectivity index (χ3n) is 2.76. The normalized spacial score (nSPS) is 11.7. The summed E-state index contributed by atoms with van der Waals surface area (Å²) < 4.78 is 0. The number of carbonyl (C=O) groups is 1. The summed E-state index contributed by atoms with van der Waals surface area (Å²) >= 11 is 0. The molecule has 0 aliphatic carbocycles. The SMILES string of the molecule is CC(C)(C)CC(=O)Cc1ccc2ccccc2n1. The molecule has 0 saturated heterocycles. The number of carbonyl (C=O) groups excluding carboxylic acids is 1. The van der Waals surface area contributed by atoms with Crippen LogP contribution in [0.15, 0.2) is 36.4 Å². The van der Waals surface area contributed by atoms with Gasteiger partial charge in [0.25, 0.3) is 0 Å². The van der Waals surface area contributed by atoms with Gasteiger partial charge < -0.3 is 0 Å². The van der Waals surface area contributed by atoms with Gasteiger partial charge in [0.2, 0.25) is 0 Å². The molecule has 2 nitrogen and oxygen atoms in total. The molecule has 0 radical (unpaired) electrons. The lowest BCUT2D eigenvalue weighted by Crippen LogP contribution is -2.15. The Kier molecular flexibility index (Phi) is 3.46. The minimum absolute atomic E-state index is 0.0495. The van der Waals surface area contributed by atoms with Gasteiger partial charge >= 0.3 is 0 Å². The zero-order valence-corrected chi connectivity index (χ0v) is 11.2. The molecular formula is C16H19NO. The lowest BCUT2D eigenvalue weighted by atomic mass is 9.89. The molecule has 2 rings (SSSR count). The van der Waals surface area contributed by atoms with Crippen LogP contribution in [-0.2, 0) is 11.2 Å². The first-order valence-electron chi connectivity index (χ1n) is 6.30. The van der Waals surface area contributed by atoms with E-state index in [1.165, 1.54) is 0 Å². The zero-order chi connectivity index (χ0) is 13.2. The quantitative estimate of drug-likeness (QED) is 0.818. The van der Waals surface area contributed by atoms with E-state index in [0.717, 1.165) is 16.6 Å². The van der Waals surface area contributed by atoms with Gasteiger partial charge in [-0.2, -0.15) is 0 Å². The Morgan fingerprint density at radius 1 is 1.11 bits per heavy atom. The Labute approximate surface area is 108 Å². The maximum absolute atomic E-state index is 11.9. The third-order valence-corrected chi connectivity index (χ3v) is 2.76. The molecule has 0 aliphatic rings. The van der Waals surface area contributed by atoms with Gasteiger partial charge in [-0.05, 0) is 17.5 Å². The number of rotatable bonds is 3. The molecular weight excluding hydrogens is 222 g/mol. The van der Waals surface area contributed by atoms with Gasteiger partial charge in [-0.15, -0.1) is 0 Å². The summed E-state index contributed by atoms with van der Waals surface area (Å²) in [6, 6.07) is 12.0. The van der Waals surface area contributed by atoms with E-state index in [4.69, 9.17) is 0 Å². The summed E-state index contributed by atoms with van der Waals surface area (Å²) in [5.41, 5.74) is 1.87. The van der Waals surface area contributed by atoms with E-state index in [1.807, 2.05) is 36.4 Å². The molecule has 18 heavy (non-hydrogen) atoms. The number of aromatic nitrogens is 1. The van der Waals surface area contributed by atoms with Crippen LogP contribution in [0.3, 0.4) is 0 Å². The second kappa shape index (κ2) is 4.89. The van der Waals surface area contributed by atoms with Crippen molar-refractivity contribution in [2.75, 3.05) is 0 Å². The number of fused-ring (bicyclic) bond motifs is 1. The highest BCUT2D eigenvalue weighted by Gasteiger charge is 2.16. The molecule has 94 valence electrons. The van der Waals surface area contributed by atoms with E-state index in [0.29, 0.717) is 12.8 Å². The van der Waals surface area contributed by atoms with Crippen LogP contribution in [-0.4, -0.2) is 10.8 Å². The second-order valence-electron chi connectivity index (χ2n) is 5.95. The molecule has 1 aromatic carbocycles. The van der Waals surface area contributed by atoms with Crippen LogP contribution < -0.4 is 0 Å². The zero-order valence-electron chi connectivity index (χ0n) is 11.2. The van der Waals surface area contributed by atoms with Crippen LogP contribution in [0.1, 0.15) is 32.9 Å². The summed E-state index contributed by atoms with van der Waals surface area (Å²) in [4.78, 5) is 16.4. The van der Waals surface area contributed by atoms with Gasteiger partial charge in [0.05, 0.1) is 5.52 Å². The Hall–Kier alpha value is -1.70. The van der Waals surface area contributed by atoms with Crippen LogP contribution in [0.2, 0.25) is 0 Å². The van der Waals surface area contributed by atoms with Crippen molar-refractivity contribution >= 4 is 16.7 Å². The highest BCUT2D eigenvalue weighted by molar-refractivity contribution is 5.83. The molecule has 0 N–H and O–H groups in total. The smallest absolute Gasteiger partial charge is 0.139 e. The number of para-hydroxylation sites is 1. The fourth-order valence-corrected chi connectivity index (χ4v) is 2.06. The van der Waals surface area contributed by atoms with Crippen LogP contribution in [0, 0.1) is 5.41 Å². The van der Waals surface area contributed by atoms with E-state index < -0.39 is 0 Å². The van der Waals surface area contributed by atoms with Crippen molar-refractivity contribution in [1.82, 2.24) is 4.98 Å². The predicted octanol–water partition coefficient (Wildman–Crippen LogP) is 3.78. The predicted molar refractivity (Wildman–Crippen MR) is 74.5 cm³/mol. The molecule has 0 bridgehead atoms. The van der Waals surface area contributed by atoms with Crippen molar-refractivity contribution in [1.29, 1.82) is 0 Å². The molecule has 2 heteroatoms. The van der Waals surface area contributed by atoms with E-state index >= 15 is 0 Å². The van der Waals surface area contributed by atoms with Crippen LogP contribution in [0.25, 0.3) is 10.9 Å². The maximum Gasteiger partial charge on any atom is 0.139 e. The van der Waals surface area contributed by atoms with E-state index in [1.54, 1.807) is 0 Å². The van der Waals surface area contributed by atoms with Gasteiger partial charge in [-0.25, -0.2) is 0 Å². The van der Waals surface area contributed by atoms with Crippen LogP contribution in [0.5, 0.6) is 0 Å². The minimum Gasteiger partial charge on any atom is -0.299 e. The maximum atomic E-state index is 11.9. The third kappa shape index (κ3) is 3.39. The van der Waals surface area contributed by atoms with Crippen LogP contribution in [0.4, 0.5) is 0 Å². The van der Waals surface area contributed by atoms with E-state index in [9.17, 15) is 4.79 Å². The molecule has 0 atom stereocenters. The molecule has 0 unspecified atom stereocenters.